The molecule has 3 nitrogen and oxygen atoms in total. The van der Waals surface area contributed by atoms with E-state index in [0.29, 0.717) is 12.0 Å². The lowest BCUT2D eigenvalue weighted by molar-refractivity contribution is 0.258. The molecule has 106 valence electrons. The molecule has 1 aromatic carbocycles. The number of methoxy groups -OCH3 is 1. The highest BCUT2D eigenvalue weighted by Crippen LogP contribution is 2.38. The number of hydrogen-bond acceptors (Lipinski definition) is 3. The monoisotopic (exact) mass is 271 g/mol. The van der Waals surface area contributed by atoms with Gasteiger partial charge in [-0.1, -0.05) is 12.1 Å². The van der Waals surface area contributed by atoms with Gasteiger partial charge in [0.05, 0.1) is 19.4 Å². The quantitative estimate of drug-likeness (QED) is 0.896. The van der Waals surface area contributed by atoms with E-state index < -0.39 is 0 Å². The second-order valence-corrected chi connectivity index (χ2v) is 5.54. The van der Waals surface area contributed by atoms with Crippen LogP contribution in [0.5, 0.6) is 5.75 Å². The number of benzene rings is 1. The van der Waals surface area contributed by atoms with Gasteiger partial charge >= 0.3 is 0 Å². The van der Waals surface area contributed by atoms with Gasteiger partial charge in [0.25, 0.3) is 0 Å². The van der Waals surface area contributed by atoms with Gasteiger partial charge in [-0.25, -0.2) is 0 Å². The van der Waals surface area contributed by atoms with E-state index in [9.17, 15) is 0 Å². The number of hydrogen-bond donors (Lipinski definition) is 1. The Kier molecular flexibility index (Phi) is 3.79. The average molecular weight is 271 g/mol. The van der Waals surface area contributed by atoms with Gasteiger partial charge in [0.1, 0.15) is 11.5 Å². The molecule has 1 atom stereocenters. The molecule has 0 spiro atoms. The van der Waals surface area contributed by atoms with Gasteiger partial charge < -0.3 is 14.5 Å². The van der Waals surface area contributed by atoms with Gasteiger partial charge in [0.2, 0.25) is 0 Å². The summed E-state index contributed by atoms with van der Waals surface area (Å²) in [6.45, 7) is 2.15. The van der Waals surface area contributed by atoms with Crippen molar-refractivity contribution in [2.75, 3.05) is 7.11 Å². The number of nitrogens with one attached hydrogen (secondary N) is 1. The van der Waals surface area contributed by atoms with Crippen molar-refractivity contribution in [2.45, 2.75) is 37.8 Å². The standard InChI is InChI=1S/C17H21NO2/c1-12(17-4-3-9-20-17)18-15-10-14(11-15)13-5-7-16(19-2)8-6-13/h3-9,12,14-15,18H,10-11H2,1-2H3/t12-,14?,15?/m1/s1. The summed E-state index contributed by atoms with van der Waals surface area (Å²) in [5.74, 6) is 2.61. The molecular formula is C17H21NO2. The van der Waals surface area contributed by atoms with Gasteiger partial charge in [-0.2, -0.15) is 0 Å². The lowest BCUT2D eigenvalue weighted by atomic mass is 9.75. The van der Waals surface area contributed by atoms with E-state index in [4.69, 9.17) is 9.15 Å². The summed E-state index contributed by atoms with van der Waals surface area (Å²) in [7, 11) is 1.70. The molecule has 1 aliphatic rings. The Morgan fingerprint density at radius 3 is 2.55 bits per heavy atom. The normalized spacial score (nSPS) is 23.1. The molecule has 0 unspecified atom stereocenters. The van der Waals surface area contributed by atoms with E-state index in [1.165, 1.54) is 18.4 Å². The van der Waals surface area contributed by atoms with Crippen LogP contribution in [0, 0.1) is 0 Å². The fourth-order valence-electron chi connectivity index (χ4n) is 2.88. The lowest BCUT2D eigenvalue weighted by Gasteiger charge is -2.37. The van der Waals surface area contributed by atoms with E-state index in [-0.39, 0.29) is 6.04 Å². The summed E-state index contributed by atoms with van der Waals surface area (Å²) < 4.78 is 10.6. The molecule has 2 aromatic rings. The molecule has 1 saturated carbocycles. The van der Waals surface area contributed by atoms with Gasteiger partial charge in [-0.3, -0.25) is 0 Å². The van der Waals surface area contributed by atoms with Crippen LogP contribution < -0.4 is 10.1 Å². The van der Waals surface area contributed by atoms with Crippen LogP contribution in [-0.2, 0) is 0 Å². The van der Waals surface area contributed by atoms with E-state index in [0.717, 1.165) is 11.5 Å². The van der Waals surface area contributed by atoms with Gasteiger partial charge in [-0.05, 0) is 55.5 Å². The summed E-state index contributed by atoms with van der Waals surface area (Å²) >= 11 is 0. The maximum atomic E-state index is 5.43. The minimum absolute atomic E-state index is 0.284. The first-order valence-electron chi connectivity index (χ1n) is 7.19. The molecular weight excluding hydrogens is 250 g/mol. The minimum Gasteiger partial charge on any atom is -0.497 e. The average Bonchev–Trinajstić information content (AvgIpc) is 2.96. The van der Waals surface area contributed by atoms with Crippen LogP contribution in [0.4, 0.5) is 0 Å². The Balaban J connectivity index is 1.50. The Morgan fingerprint density at radius 2 is 1.95 bits per heavy atom. The Hall–Kier alpha value is -1.74. The predicted octanol–water partition coefficient (Wildman–Crippen LogP) is 3.89. The molecule has 1 aromatic heterocycles. The van der Waals surface area contributed by atoms with E-state index in [1.54, 1.807) is 13.4 Å². The molecule has 0 aliphatic heterocycles. The van der Waals surface area contributed by atoms with E-state index in [2.05, 4.69) is 24.4 Å². The highest BCUT2D eigenvalue weighted by atomic mass is 16.5. The molecule has 1 aliphatic carbocycles. The van der Waals surface area contributed by atoms with Crippen molar-refractivity contribution in [3.05, 3.63) is 54.0 Å². The van der Waals surface area contributed by atoms with Crippen molar-refractivity contribution in [1.29, 1.82) is 0 Å². The largest absolute Gasteiger partial charge is 0.497 e. The zero-order valence-electron chi connectivity index (χ0n) is 12.0. The SMILES string of the molecule is COc1ccc(C2CC(N[C@H](C)c3ccco3)C2)cc1. The molecule has 20 heavy (non-hydrogen) atoms. The third-order valence-electron chi connectivity index (χ3n) is 4.18. The fraction of sp³-hybridized carbons (Fsp3) is 0.412. The predicted molar refractivity (Wildman–Crippen MR) is 79.0 cm³/mol. The first-order valence-corrected chi connectivity index (χ1v) is 7.19. The molecule has 1 heterocycles. The van der Waals surface area contributed by atoms with Crippen LogP contribution >= 0.6 is 0 Å². The number of furan rings is 1. The van der Waals surface area contributed by atoms with Gasteiger partial charge in [0.15, 0.2) is 0 Å². The zero-order chi connectivity index (χ0) is 13.9. The maximum absolute atomic E-state index is 5.43. The summed E-state index contributed by atoms with van der Waals surface area (Å²) in [6.07, 6.45) is 4.11. The number of ether oxygens (including phenoxy) is 1. The molecule has 0 bridgehead atoms. The lowest BCUT2D eigenvalue weighted by Crippen LogP contribution is -2.41. The van der Waals surface area contributed by atoms with Crippen molar-refractivity contribution in [2.24, 2.45) is 0 Å². The summed E-state index contributed by atoms with van der Waals surface area (Å²) in [4.78, 5) is 0. The number of rotatable bonds is 5. The van der Waals surface area contributed by atoms with Crippen molar-refractivity contribution < 1.29 is 9.15 Å². The van der Waals surface area contributed by atoms with Crippen LogP contribution in [0.1, 0.15) is 43.0 Å². The van der Waals surface area contributed by atoms with Crippen molar-refractivity contribution in [1.82, 2.24) is 5.32 Å². The molecule has 0 saturated heterocycles. The molecule has 3 rings (SSSR count). The van der Waals surface area contributed by atoms with Crippen molar-refractivity contribution >= 4 is 0 Å². The molecule has 0 amide bonds. The molecule has 1 N–H and O–H groups in total. The van der Waals surface area contributed by atoms with E-state index in [1.807, 2.05) is 24.3 Å². The third kappa shape index (κ3) is 2.73. The summed E-state index contributed by atoms with van der Waals surface area (Å²) in [5.41, 5.74) is 1.41. The molecule has 1 fully saturated rings. The topological polar surface area (TPSA) is 34.4 Å². The Morgan fingerprint density at radius 1 is 1.20 bits per heavy atom. The second-order valence-electron chi connectivity index (χ2n) is 5.54. The minimum atomic E-state index is 0.284. The van der Waals surface area contributed by atoms with Crippen molar-refractivity contribution in [3.8, 4) is 5.75 Å². The fourth-order valence-corrected chi connectivity index (χ4v) is 2.88. The third-order valence-corrected chi connectivity index (χ3v) is 4.18. The first kappa shape index (κ1) is 13.3. The van der Waals surface area contributed by atoms with Crippen LogP contribution in [0.3, 0.4) is 0 Å². The van der Waals surface area contributed by atoms with Crippen LogP contribution in [0.2, 0.25) is 0 Å². The van der Waals surface area contributed by atoms with Crippen LogP contribution in [0.15, 0.2) is 47.1 Å². The van der Waals surface area contributed by atoms with E-state index >= 15 is 0 Å². The van der Waals surface area contributed by atoms with Gasteiger partial charge in [-0.15, -0.1) is 0 Å². The second kappa shape index (κ2) is 5.71. The summed E-state index contributed by atoms with van der Waals surface area (Å²) in [6, 6.07) is 13.3. The molecule has 3 heteroatoms. The summed E-state index contributed by atoms with van der Waals surface area (Å²) in [5, 5.41) is 3.62. The smallest absolute Gasteiger partial charge is 0.120 e. The zero-order valence-corrected chi connectivity index (χ0v) is 12.0. The van der Waals surface area contributed by atoms with Crippen LogP contribution in [0.25, 0.3) is 0 Å². The highest BCUT2D eigenvalue weighted by Gasteiger charge is 2.31. The van der Waals surface area contributed by atoms with Crippen LogP contribution in [-0.4, -0.2) is 13.2 Å². The Bertz CT molecular complexity index is 527. The highest BCUT2D eigenvalue weighted by molar-refractivity contribution is 5.31. The first-order chi connectivity index (χ1) is 9.76. The van der Waals surface area contributed by atoms with Gasteiger partial charge in [0, 0.05) is 6.04 Å². The Labute approximate surface area is 119 Å². The molecule has 0 radical (unpaired) electrons. The van der Waals surface area contributed by atoms with Crippen molar-refractivity contribution in [3.63, 3.8) is 0 Å². The maximum Gasteiger partial charge on any atom is 0.120 e.